The third-order valence-electron chi connectivity index (χ3n) is 1.87. The molecule has 80 valence electrons. The molecule has 0 fully saturated rings. The highest BCUT2D eigenvalue weighted by Gasteiger charge is 2.05. The SMILES string of the molecule is Cc1nsc(Nc2cc(Br)ccc2C#N)n1. The highest BCUT2D eigenvalue weighted by Crippen LogP contribution is 2.25. The van der Waals surface area contributed by atoms with Gasteiger partial charge in [-0.15, -0.1) is 0 Å². The number of benzene rings is 1. The lowest BCUT2D eigenvalue weighted by atomic mass is 10.2. The number of anilines is 2. The molecule has 6 heteroatoms. The summed E-state index contributed by atoms with van der Waals surface area (Å²) in [6, 6.07) is 7.54. The molecule has 1 aromatic heterocycles. The highest BCUT2D eigenvalue weighted by molar-refractivity contribution is 9.10. The molecule has 0 saturated carbocycles. The van der Waals surface area contributed by atoms with Gasteiger partial charge in [0.1, 0.15) is 11.9 Å². The molecule has 0 aliphatic rings. The Morgan fingerprint density at radius 1 is 1.50 bits per heavy atom. The Labute approximate surface area is 105 Å². The van der Waals surface area contributed by atoms with Gasteiger partial charge in [0.25, 0.3) is 0 Å². The maximum Gasteiger partial charge on any atom is 0.207 e. The molecule has 1 N–H and O–H groups in total. The zero-order valence-electron chi connectivity index (χ0n) is 8.36. The third kappa shape index (κ3) is 2.38. The maximum absolute atomic E-state index is 8.95. The van der Waals surface area contributed by atoms with E-state index in [-0.39, 0.29) is 0 Å². The number of aryl methyl sites for hydroxylation is 1. The molecule has 16 heavy (non-hydrogen) atoms. The minimum absolute atomic E-state index is 0.580. The normalized spacial score (nSPS) is 9.81. The van der Waals surface area contributed by atoms with Gasteiger partial charge in [-0.2, -0.15) is 9.64 Å². The molecule has 1 heterocycles. The molecule has 0 amide bonds. The Balaban J connectivity index is 2.34. The van der Waals surface area contributed by atoms with E-state index in [9.17, 15) is 0 Å². The van der Waals surface area contributed by atoms with Crippen molar-refractivity contribution in [2.24, 2.45) is 0 Å². The van der Waals surface area contributed by atoms with Crippen molar-refractivity contribution in [2.75, 3.05) is 5.32 Å². The Bertz CT molecular complexity index is 558. The van der Waals surface area contributed by atoms with Gasteiger partial charge in [-0.1, -0.05) is 15.9 Å². The predicted molar refractivity (Wildman–Crippen MR) is 66.8 cm³/mol. The Morgan fingerprint density at radius 2 is 2.31 bits per heavy atom. The first-order valence-corrected chi connectivity index (χ1v) is 6.02. The van der Waals surface area contributed by atoms with Crippen LogP contribution in [-0.2, 0) is 0 Å². The van der Waals surface area contributed by atoms with Gasteiger partial charge in [0.2, 0.25) is 5.13 Å². The van der Waals surface area contributed by atoms with Crippen molar-refractivity contribution in [3.05, 3.63) is 34.1 Å². The van der Waals surface area contributed by atoms with E-state index in [1.807, 2.05) is 19.1 Å². The van der Waals surface area contributed by atoms with Crippen molar-refractivity contribution in [2.45, 2.75) is 6.92 Å². The van der Waals surface area contributed by atoms with Gasteiger partial charge >= 0.3 is 0 Å². The molecule has 0 radical (unpaired) electrons. The number of halogens is 1. The zero-order valence-corrected chi connectivity index (χ0v) is 10.8. The molecular weight excluding hydrogens is 288 g/mol. The molecule has 0 saturated heterocycles. The van der Waals surface area contributed by atoms with Crippen LogP contribution in [0.5, 0.6) is 0 Å². The average Bonchev–Trinajstić information content (AvgIpc) is 2.64. The van der Waals surface area contributed by atoms with Gasteiger partial charge in [-0.25, -0.2) is 4.98 Å². The summed E-state index contributed by atoms with van der Waals surface area (Å²) in [5, 5.41) is 12.7. The molecule has 0 aliphatic heterocycles. The first-order valence-electron chi connectivity index (χ1n) is 4.46. The molecule has 0 bridgehead atoms. The average molecular weight is 295 g/mol. The fourth-order valence-corrected chi connectivity index (χ4v) is 2.13. The molecule has 1 aromatic carbocycles. The Morgan fingerprint density at radius 3 is 2.94 bits per heavy atom. The maximum atomic E-state index is 8.95. The van der Waals surface area contributed by atoms with Crippen molar-refractivity contribution in [1.29, 1.82) is 5.26 Å². The van der Waals surface area contributed by atoms with Crippen LogP contribution in [0.15, 0.2) is 22.7 Å². The second kappa shape index (κ2) is 4.60. The van der Waals surface area contributed by atoms with Crippen LogP contribution in [0.3, 0.4) is 0 Å². The molecular formula is C10H7BrN4S. The van der Waals surface area contributed by atoms with Crippen LogP contribution >= 0.6 is 27.5 Å². The van der Waals surface area contributed by atoms with Gasteiger partial charge < -0.3 is 5.32 Å². The van der Waals surface area contributed by atoms with E-state index >= 15 is 0 Å². The van der Waals surface area contributed by atoms with Gasteiger partial charge in [-0.05, 0) is 25.1 Å². The summed E-state index contributed by atoms with van der Waals surface area (Å²) < 4.78 is 4.98. The van der Waals surface area contributed by atoms with Crippen LogP contribution in [0.2, 0.25) is 0 Å². The van der Waals surface area contributed by atoms with Crippen molar-refractivity contribution in [3.63, 3.8) is 0 Å². The standard InChI is InChI=1S/C10H7BrN4S/c1-6-13-10(16-15-6)14-9-4-8(11)3-2-7(9)5-12/h2-4H,1H3,(H,13,14,15). The lowest BCUT2D eigenvalue weighted by molar-refractivity contribution is 1.17. The zero-order chi connectivity index (χ0) is 11.5. The number of hydrogen-bond donors (Lipinski definition) is 1. The van der Waals surface area contributed by atoms with Gasteiger partial charge in [0.15, 0.2) is 0 Å². The number of rotatable bonds is 2. The van der Waals surface area contributed by atoms with Crippen LogP contribution < -0.4 is 5.32 Å². The van der Waals surface area contributed by atoms with E-state index in [1.165, 1.54) is 11.5 Å². The van der Waals surface area contributed by atoms with Crippen LogP contribution in [0, 0.1) is 18.3 Å². The van der Waals surface area contributed by atoms with E-state index < -0.39 is 0 Å². The summed E-state index contributed by atoms with van der Waals surface area (Å²) in [7, 11) is 0. The lowest BCUT2D eigenvalue weighted by Gasteiger charge is -2.04. The van der Waals surface area contributed by atoms with Crippen molar-refractivity contribution < 1.29 is 0 Å². The Hall–Kier alpha value is -1.45. The van der Waals surface area contributed by atoms with Crippen molar-refractivity contribution in [3.8, 4) is 6.07 Å². The quantitative estimate of drug-likeness (QED) is 0.924. The van der Waals surface area contributed by atoms with E-state index in [0.29, 0.717) is 10.7 Å². The van der Waals surface area contributed by atoms with E-state index in [4.69, 9.17) is 5.26 Å². The fourth-order valence-electron chi connectivity index (χ4n) is 1.18. The van der Waals surface area contributed by atoms with Crippen LogP contribution in [-0.4, -0.2) is 9.36 Å². The second-order valence-electron chi connectivity index (χ2n) is 3.07. The van der Waals surface area contributed by atoms with Crippen LogP contribution in [0.4, 0.5) is 10.8 Å². The van der Waals surface area contributed by atoms with E-state index in [1.54, 1.807) is 6.07 Å². The number of nitriles is 1. The third-order valence-corrected chi connectivity index (χ3v) is 3.09. The van der Waals surface area contributed by atoms with Crippen molar-refractivity contribution in [1.82, 2.24) is 9.36 Å². The molecule has 2 aromatic rings. The minimum atomic E-state index is 0.580. The van der Waals surface area contributed by atoms with Crippen LogP contribution in [0.25, 0.3) is 0 Å². The molecule has 0 aliphatic carbocycles. The van der Waals surface area contributed by atoms with Crippen LogP contribution in [0.1, 0.15) is 11.4 Å². The summed E-state index contributed by atoms with van der Waals surface area (Å²) in [5.41, 5.74) is 1.31. The topological polar surface area (TPSA) is 61.6 Å². The largest absolute Gasteiger partial charge is 0.329 e. The van der Waals surface area contributed by atoms with E-state index in [2.05, 4.69) is 36.7 Å². The first kappa shape index (κ1) is 11.0. The van der Waals surface area contributed by atoms with Crippen molar-refractivity contribution >= 4 is 38.3 Å². The summed E-state index contributed by atoms with van der Waals surface area (Å²) in [4.78, 5) is 4.18. The number of nitrogens with zero attached hydrogens (tertiary/aromatic N) is 3. The van der Waals surface area contributed by atoms with Gasteiger partial charge in [0, 0.05) is 16.0 Å². The smallest absolute Gasteiger partial charge is 0.207 e. The lowest BCUT2D eigenvalue weighted by Crippen LogP contribution is -1.93. The summed E-state index contributed by atoms with van der Waals surface area (Å²) in [6.45, 7) is 1.83. The molecule has 2 rings (SSSR count). The summed E-state index contributed by atoms with van der Waals surface area (Å²) in [5.74, 6) is 0.723. The molecule has 0 atom stereocenters. The monoisotopic (exact) mass is 294 g/mol. The molecule has 0 spiro atoms. The number of hydrogen-bond acceptors (Lipinski definition) is 5. The summed E-state index contributed by atoms with van der Waals surface area (Å²) >= 11 is 4.63. The number of nitrogens with one attached hydrogen (secondary N) is 1. The fraction of sp³-hybridized carbons (Fsp3) is 0.100. The van der Waals surface area contributed by atoms with Gasteiger partial charge in [0.05, 0.1) is 11.3 Å². The second-order valence-corrected chi connectivity index (χ2v) is 4.74. The number of aromatic nitrogens is 2. The highest BCUT2D eigenvalue weighted by atomic mass is 79.9. The first-order chi connectivity index (χ1) is 7.69. The minimum Gasteiger partial charge on any atom is -0.329 e. The van der Waals surface area contributed by atoms with Gasteiger partial charge in [-0.3, -0.25) is 0 Å². The molecule has 4 nitrogen and oxygen atoms in total. The molecule has 0 unspecified atom stereocenters. The summed E-state index contributed by atoms with van der Waals surface area (Å²) in [6.07, 6.45) is 0. The predicted octanol–water partition coefficient (Wildman–Crippen LogP) is 3.22. The van der Waals surface area contributed by atoms with E-state index in [0.717, 1.165) is 16.0 Å². The Kier molecular flexibility index (Phi) is 3.17.